The van der Waals surface area contributed by atoms with Crippen LogP contribution in [-0.2, 0) is 0 Å². The zero-order valence-corrected chi connectivity index (χ0v) is 14.3. The molecular formula is C15H22BrClN2O. The summed E-state index contributed by atoms with van der Waals surface area (Å²) in [4.78, 5) is 12.3. The number of hydrogen-bond donors (Lipinski definition) is 2. The lowest BCUT2D eigenvalue weighted by molar-refractivity contribution is 0.0921. The van der Waals surface area contributed by atoms with Gasteiger partial charge in [-0.15, -0.1) is 12.4 Å². The Hall–Kier alpha value is -0.580. The number of carbonyl (C=O) groups excluding carboxylic acids is 1. The van der Waals surface area contributed by atoms with Crippen molar-refractivity contribution in [1.29, 1.82) is 0 Å². The SMILES string of the molecule is Cc1c(Br)cccc1C(=O)NC(C)C1CCCNC1.Cl. The summed E-state index contributed by atoms with van der Waals surface area (Å²) in [5.41, 5.74) is 1.75. The Labute approximate surface area is 135 Å². The highest BCUT2D eigenvalue weighted by Crippen LogP contribution is 2.20. The predicted molar refractivity (Wildman–Crippen MR) is 88.6 cm³/mol. The maximum absolute atomic E-state index is 12.3. The van der Waals surface area contributed by atoms with Crippen molar-refractivity contribution < 1.29 is 4.79 Å². The molecule has 2 rings (SSSR count). The maximum atomic E-state index is 12.3. The molecule has 5 heteroatoms. The van der Waals surface area contributed by atoms with E-state index >= 15 is 0 Å². The van der Waals surface area contributed by atoms with E-state index in [9.17, 15) is 4.79 Å². The summed E-state index contributed by atoms with van der Waals surface area (Å²) in [5, 5.41) is 6.52. The van der Waals surface area contributed by atoms with Crippen molar-refractivity contribution in [2.24, 2.45) is 5.92 Å². The topological polar surface area (TPSA) is 41.1 Å². The summed E-state index contributed by atoms with van der Waals surface area (Å²) in [6, 6.07) is 5.94. The van der Waals surface area contributed by atoms with Crippen molar-refractivity contribution in [3.05, 3.63) is 33.8 Å². The molecule has 1 saturated heterocycles. The molecule has 2 N–H and O–H groups in total. The smallest absolute Gasteiger partial charge is 0.251 e. The molecule has 0 bridgehead atoms. The van der Waals surface area contributed by atoms with E-state index in [1.165, 1.54) is 12.8 Å². The lowest BCUT2D eigenvalue weighted by atomic mass is 9.92. The minimum atomic E-state index is 0. The Kier molecular flexibility index (Phi) is 7.00. The van der Waals surface area contributed by atoms with Crippen molar-refractivity contribution >= 4 is 34.2 Å². The highest BCUT2D eigenvalue weighted by atomic mass is 79.9. The van der Waals surface area contributed by atoms with E-state index in [1.54, 1.807) is 0 Å². The largest absolute Gasteiger partial charge is 0.349 e. The van der Waals surface area contributed by atoms with Gasteiger partial charge in [-0.05, 0) is 63.4 Å². The third-order valence-corrected chi connectivity index (χ3v) is 4.77. The Morgan fingerprint density at radius 1 is 1.50 bits per heavy atom. The van der Waals surface area contributed by atoms with Gasteiger partial charge in [0.1, 0.15) is 0 Å². The molecule has 20 heavy (non-hydrogen) atoms. The first-order valence-electron chi connectivity index (χ1n) is 6.86. The first-order valence-corrected chi connectivity index (χ1v) is 7.65. The molecule has 0 aliphatic carbocycles. The van der Waals surface area contributed by atoms with Crippen LogP contribution in [0.3, 0.4) is 0 Å². The van der Waals surface area contributed by atoms with Gasteiger partial charge in [-0.2, -0.15) is 0 Å². The summed E-state index contributed by atoms with van der Waals surface area (Å²) in [6.07, 6.45) is 2.38. The molecule has 0 saturated carbocycles. The van der Waals surface area contributed by atoms with Crippen LogP contribution >= 0.6 is 28.3 Å². The molecule has 1 aliphatic rings. The Morgan fingerprint density at radius 3 is 2.90 bits per heavy atom. The van der Waals surface area contributed by atoms with Crippen molar-refractivity contribution in [3.63, 3.8) is 0 Å². The molecule has 1 aliphatic heterocycles. The van der Waals surface area contributed by atoms with Crippen LogP contribution < -0.4 is 10.6 Å². The van der Waals surface area contributed by atoms with Gasteiger partial charge in [-0.1, -0.05) is 22.0 Å². The quantitative estimate of drug-likeness (QED) is 0.867. The first kappa shape index (κ1) is 17.5. The van der Waals surface area contributed by atoms with E-state index in [4.69, 9.17) is 0 Å². The summed E-state index contributed by atoms with van der Waals surface area (Å²) >= 11 is 3.47. The van der Waals surface area contributed by atoms with Crippen LogP contribution in [0.25, 0.3) is 0 Å². The Morgan fingerprint density at radius 2 is 2.25 bits per heavy atom. The van der Waals surface area contributed by atoms with Gasteiger partial charge >= 0.3 is 0 Å². The summed E-state index contributed by atoms with van der Waals surface area (Å²) < 4.78 is 0.979. The number of halogens is 2. The molecule has 2 atom stereocenters. The number of nitrogens with one attached hydrogen (secondary N) is 2. The van der Waals surface area contributed by atoms with Crippen molar-refractivity contribution in [3.8, 4) is 0 Å². The van der Waals surface area contributed by atoms with Crippen molar-refractivity contribution in [2.45, 2.75) is 32.7 Å². The highest BCUT2D eigenvalue weighted by molar-refractivity contribution is 9.10. The zero-order chi connectivity index (χ0) is 13.8. The second-order valence-electron chi connectivity index (χ2n) is 5.28. The predicted octanol–water partition coefficient (Wildman–Crippen LogP) is 3.30. The number of hydrogen-bond acceptors (Lipinski definition) is 2. The molecule has 1 fully saturated rings. The first-order chi connectivity index (χ1) is 9.09. The second kappa shape index (κ2) is 8.01. The average Bonchev–Trinajstić information content (AvgIpc) is 2.42. The van der Waals surface area contributed by atoms with E-state index in [-0.39, 0.29) is 24.4 Å². The molecule has 112 valence electrons. The summed E-state index contributed by atoms with van der Waals surface area (Å²) in [5.74, 6) is 0.557. The lowest BCUT2D eigenvalue weighted by Crippen LogP contribution is -2.44. The molecule has 0 aromatic heterocycles. The second-order valence-corrected chi connectivity index (χ2v) is 6.14. The third-order valence-electron chi connectivity index (χ3n) is 3.91. The Bertz CT molecular complexity index is 461. The van der Waals surface area contributed by atoms with Gasteiger partial charge in [0, 0.05) is 16.1 Å². The molecule has 0 radical (unpaired) electrons. The van der Waals surface area contributed by atoms with Crippen molar-refractivity contribution in [1.82, 2.24) is 10.6 Å². The molecule has 3 nitrogen and oxygen atoms in total. The normalized spacial score (nSPS) is 19.9. The van der Waals surface area contributed by atoms with Gasteiger partial charge < -0.3 is 10.6 Å². The van der Waals surface area contributed by atoms with E-state index in [0.29, 0.717) is 5.92 Å². The van der Waals surface area contributed by atoms with Crippen LogP contribution in [0.1, 0.15) is 35.7 Å². The average molecular weight is 362 g/mol. The van der Waals surface area contributed by atoms with Crippen LogP contribution in [0.15, 0.2) is 22.7 Å². The molecular weight excluding hydrogens is 340 g/mol. The molecule has 1 heterocycles. The van der Waals surface area contributed by atoms with E-state index < -0.39 is 0 Å². The van der Waals surface area contributed by atoms with Gasteiger partial charge in [0.15, 0.2) is 0 Å². The number of amides is 1. The van der Waals surface area contributed by atoms with Crippen LogP contribution in [0, 0.1) is 12.8 Å². The molecule has 1 aromatic carbocycles. The van der Waals surface area contributed by atoms with Crippen molar-refractivity contribution in [2.75, 3.05) is 13.1 Å². The summed E-state index contributed by atoms with van der Waals surface area (Å²) in [7, 11) is 0. The fourth-order valence-corrected chi connectivity index (χ4v) is 2.93. The zero-order valence-electron chi connectivity index (χ0n) is 11.9. The van der Waals surface area contributed by atoms with E-state index in [2.05, 4.69) is 33.5 Å². The van der Waals surface area contributed by atoms with Crippen LogP contribution in [0.2, 0.25) is 0 Å². The molecule has 2 unspecified atom stereocenters. The standard InChI is InChI=1S/C15H21BrN2O.ClH/c1-10-13(6-3-7-14(10)16)15(19)18-11(2)12-5-4-8-17-9-12;/h3,6-7,11-12,17H,4-5,8-9H2,1-2H3,(H,18,19);1H. The minimum Gasteiger partial charge on any atom is -0.349 e. The van der Waals surface area contributed by atoms with Gasteiger partial charge in [-0.25, -0.2) is 0 Å². The maximum Gasteiger partial charge on any atom is 0.251 e. The van der Waals surface area contributed by atoms with Crippen LogP contribution in [0.5, 0.6) is 0 Å². The lowest BCUT2D eigenvalue weighted by Gasteiger charge is -2.29. The van der Waals surface area contributed by atoms with E-state index in [1.807, 2.05) is 25.1 Å². The Balaban J connectivity index is 0.00000200. The van der Waals surface area contributed by atoms with Gasteiger partial charge in [0.05, 0.1) is 0 Å². The fourth-order valence-electron chi connectivity index (χ4n) is 2.56. The van der Waals surface area contributed by atoms with E-state index in [0.717, 1.165) is 28.7 Å². The summed E-state index contributed by atoms with van der Waals surface area (Å²) in [6.45, 7) is 6.16. The molecule has 0 spiro atoms. The van der Waals surface area contributed by atoms with Crippen LogP contribution in [0.4, 0.5) is 0 Å². The third kappa shape index (κ3) is 4.21. The molecule has 1 amide bonds. The number of rotatable bonds is 3. The monoisotopic (exact) mass is 360 g/mol. The highest BCUT2D eigenvalue weighted by Gasteiger charge is 2.22. The minimum absolute atomic E-state index is 0. The number of benzene rings is 1. The van der Waals surface area contributed by atoms with Crippen LogP contribution in [-0.4, -0.2) is 25.0 Å². The van der Waals surface area contributed by atoms with Gasteiger partial charge in [0.25, 0.3) is 5.91 Å². The number of carbonyl (C=O) groups is 1. The fraction of sp³-hybridized carbons (Fsp3) is 0.533. The van der Waals surface area contributed by atoms with Gasteiger partial charge in [0.2, 0.25) is 0 Å². The number of piperidine rings is 1. The molecule has 1 aromatic rings. The van der Waals surface area contributed by atoms with Gasteiger partial charge in [-0.3, -0.25) is 4.79 Å².